The highest BCUT2D eigenvalue weighted by molar-refractivity contribution is 5.93. The Balaban J connectivity index is 0.00000155. The Morgan fingerprint density at radius 3 is 2.40 bits per heavy atom. The van der Waals surface area contributed by atoms with E-state index >= 15 is 0 Å². The van der Waals surface area contributed by atoms with Crippen LogP contribution in [0.5, 0.6) is 0 Å². The van der Waals surface area contributed by atoms with Gasteiger partial charge in [-0.15, -0.1) is 0 Å². The maximum atomic E-state index is 12.2. The molecule has 4 rings (SSSR count). The minimum Gasteiger partial charge on any atom is -0.386 e. The van der Waals surface area contributed by atoms with Crippen molar-refractivity contribution in [2.45, 2.75) is 79.3 Å². The van der Waals surface area contributed by atoms with Gasteiger partial charge in [-0.2, -0.15) is 5.26 Å². The highest BCUT2D eigenvalue weighted by Crippen LogP contribution is 2.34. The van der Waals surface area contributed by atoms with Crippen molar-refractivity contribution in [1.82, 2.24) is 20.0 Å². The van der Waals surface area contributed by atoms with Gasteiger partial charge in [0.05, 0.1) is 11.9 Å². The van der Waals surface area contributed by atoms with E-state index in [1.165, 1.54) is 22.4 Å². The minimum atomic E-state index is -0.463. The molecule has 0 bridgehead atoms. The van der Waals surface area contributed by atoms with Crippen LogP contribution >= 0.6 is 0 Å². The molecular weight excluding hydrogens is 532 g/mol. The van der Waals surface area contributed by atoms with E-state index in [1.807, 2.05) is 52.0 Å². The summed E-state index contributed by atoms with van der Waals surface area (Å²) in [6, 6.07) is 10.5. The summed E-state index contributed by atoms with van der Waals surface area (Å²) in [6.45, 7) is 17.4. The van der Waals surface area contributed by atoms with E-state index in [-0.39, 0.29) is 5.91 Å². The molecule has 43 heavy (non-hydrogen) atoms. The molecule has 1 amide bonds. The molecule has 3 aliphatic heterocycles. The summed E-state index contributed by atoms with van der Waals surface area (Å²) in [6.07, 6.45) is 10.5. The Bertz CT molecular complexity index is 1290. The summed E-state index contributed by atoms with van der Waals surface area (Å²) < 4.78 is 0. The molecule has 0 saturated carbocycles. The van der Waals surface area contributed by atoms with Crippen molar-refractivity contribution in [3.63, 3.8) is 0 Å². The summed E-state index contributed by atoms with van der Waals surface area (Å²) in [5.74, 6) is 1.06. The maximum absolute atomic E-state index is 12.2. The van der Waals surface area contributed by atoms with Gasteiger partial charge < -0.3 is 20.9 Å². The predicted octanol–water partition coefficient (Wildman–Crippen LogP) is 6.32. The van der Waals surface area contributed by atoms with E-state index in [0.29, 0.717) is 17.8 Å². The average Bonchev–Trinajstić information content (AvgIpc) is 3.02. The Morgan fingerprint density at radius 1 is 1.16 bits per heavy atom. The van der Waals surface area contributed by atoms with Gasteiger partial charge in [0, 0.05) is 57.1 Å². The molecule has 0 aromatic heterocycles. The number of amides is 1. The summed E-state index contributed by atoms with van der Waals surface area (Å²) >= 11 is 0. The molecule has 3 unspecified atom stereocenters. The fourth-order valence-electron chi connectivity index (χ4n) is 5.77. The number of rotatable bonds is 6. The van der Waals surface area contributed by atoms with Gasteiger partial charge in [0.25, 0.3) is 5.91 Å². The second-order valence-electron chi connectivity index (χ2n) is 11.3. The predicted molar refractivity (Wildman–Crippen MR) is 180 cm³/mol. The van der Waals surface area contributed by atoms with Crippen LogP contribution in [0.15, 0.2) is 82.4 Å². The lowest BCUT2D eigenvalue weighted by Gasteiger charge is -2.38. The number of likely N-dealkylation sites (N-methyl/N-ethyl adjacent to an activating group) is 1. The molecule has 7 heteroatoms. The van der Waals surface area contributed by atoms with Gasteiger partial charge in [-0.25, -0.2) is 0 Å². The summed E-state index contributed by atoms with van der Waals surface area (Å²) in [5, 5.41) is 12.9. The Hall–Kier alpha value is -3.76. The first kappa shape index (κ1) is 35.4. The van der Waals surface area contributed by atoms with E-state index in [4.69, 9.17) is 5.73 Å². The van der Waals surface area contributed by atoms with Crippen LogP contribution in [0, 0.1) is 11.3 Å². The first-order valence-corrected chi connectivity index (χ1v) is 15.8. The zero-order valence-corrected chi connectivity index (χ0v) is 28.2. The number of nitrogens with one attached hydrogen (secondary N) is 1. The smallest absolute Gasteiger partial charge is 0.253 e. The number of carbonyl (C=O) groups is 1. The molecule has 3 aliphatic rings. The van der Waals surface area contributed by atoms with Gasteiger partial charge in [0.15, 0.2) is 0 Å². The second-order valence-corrected chi connectivity index (χ2v) is 11.3. The number of likely N-dealkylation sites (tertiary alicyclic amines) is 1. The molecule has 0 aliphatic carbocycles. The molecule has 3 N–H and O–H groups in total. The summed E-state index contributed by atoms with van der Waals surface area (Å²) in [7, 11) is 5.67. The standard InChI is InChI=1S/C32H42N6O.2C2H6/c1-21(17-29-23(3)37(6)15-14-27(29)28-11-12-31(34)35-30(28)19-33)20-38-16-13-26(18-22(38)2)24-7-9-25(10-8-24)32(39)36(4)5;2*1-2/h7-12,14,17,22,26,30,35H,13,15-16,18,20,34H2,1-6H3;2*1-2H3/b21-17+;;. The largest absolute Gasteiger partial charge is 0.386 e. The van der Waals surface area contributed by atoms with Crippen LogP contribution in [0.4, 0.5) is 0 Å². The molecule has 1 aromatic carbocycles. The SMILES string of the molecule is CC.CC.CC1=C(/C=C(\C)CN2CCC(c3ccc(C(=O)N(C)C)cc3)CC2C)C(C2=CC=C(N)NC2C#N)=CCN1C. The van der Waals surface area contributed by atoms with E-state index < -0.39 is 6.04 Å². The molecule has 0 radical (unpaired) electrons. The fraction of sp³-hybridized carbons (Fsp3) is 0.500. The molecule has 7 nitrogen and oxygen atoms in total. The third-order valence-corrected chi connectivity index (χ3v) is 8.22. The van der Waals surface area contributed by atoms with Crippen molar-refractivity contribution in [3.05, 3.63) is 93.5 Å². The van der Waals surface area contributed by atoms with E-state index in [2.05, 4.69) is 73.3 Å². The van der Waals surface area contributed by atoms with Crippen LogP contribution in [-0.2, 0) is 0 Å². The first-order valence-electron chi connectivity index (χ1n) is 15.8. The number of dihydropyridines is 1. The number of piperidine rings is 1. The summed E-state index contributed by atoms with van der Waals surface area (Å²) in [4.78, 5) is 18.7. The van der Waals surface area contributed by atoms with Crippen LogP contribution in [0.2, 0.25) is 0 Å². The van der Waals surface area contributed by atoms with Gasteiger partial charge in [0.1, 0.15) is 6.04 Å². The van der Waals surface area contributed by atoms with Crippen molar-refractivity contribution < 1.29 is 4.79 Å². The number of nitriles is 1. The maximum Gasteiger partial charge on any atom is 0.253 e. The van der Waals surface area contributed by atoms with Gasteiger partial charge in [-0.3, -0.25) is 9.69 Å². The van der Waals surface area contributed by atoms with E-state index in [0.717, 1.165) is 49.2 Å². The number of carbonyl (C=O) groups excluding carboxylic acids is 1. The Labute approximate surface area is 261 Å². The quantitative estimate of drug-likeness (QED) is 0.405. The minimum absolute atomic E-state index is 0.0410. The molecule has 1 saturated heterocycles. The van der Waals surface area contributed by atoms with Gasteiger partial charge in [-0.05, 0) is 81.0 Å². The van der Waals surface area contributed by atoms with Gasteiger partial charge in [-0.1, -0.05) is 63.6 Å². The van der Waals surface area contributed by atoms with Gasteiger partial charge >= 0.3 is 0 Å². The first-order chi connectivity index (χ1) is 20.6. The van der Waals surface area contributed by atoms with Crippen molar-refractivity contribution in [2.24, 2.45) is 5.73 Å². The molecule has 3 heterocycles. The monoisotopic (exact) mass is 586 g/mol. The molecule has 234 valence electrons. The van der Waals surface area contributed by atoms with Crippen LogP contribution in [0.1, 0.15) is 83.1 Å². The fourth-order valence-corrected chi connectivity index (χ4v) is 5.77. The van der Waals surface area contributed by atoms with Gasteiger partial charge in [0.2, 0.25) is 0 Å². The van der Waals surface area contributed by atoms with Crippen molar-refractivity contribution in [1.29, 1.82) is 5.26 Å². The number of benzene rings is 1. The molecule has 3 atom stereocenters. The van der Waals surface area contributed by atoms with Crippen molar-refractivity contribution in [2.75, 3.05) is 40.8 Å². The average molecular weight is 587 g/mol. The zero-order valence-electron chi connectivity index (χ0n) is 28.2. The third-order valence-electron chi connectivity index (χ3n) is 8.22. The summed E-state index contributed by atoms with van der Waals surface area (Å²) in [5.41, 5.74) is 13.7. The number of nitrogens with zero attached hydrogens (tertiary/aromatic N) is 4. The Morgan fingerprint density at radius 2 is 1.81 bits per heavy atom. The van der Waals surface area contributed by atoms with Crippen LogP contribution in [0.25, 0.3) is 0 Å². The number of allylic oxidation sites excluding steroid dienone is 5. The lowest BCUT2D eigenvalue weighted by Crippen LogP contribution is -2.41. The molecule has 1 aromatic rings. The lowest BCUT2D eigenvalue weighted by molar-refractivity contribution is 0.0827. The Kier molecular flexibility index (Phi) is 13.8. The molecule has 1 fully saturated rings. The number of hydrogen-bond acceptors (Lipinski definition) is 6. The second kappa shape index (κ2) is 16.8. The van der Waals surface area contributed by atoms with Crippen LogP contribution in [0.3, 0.4) is 0 Å². The van der Waals surface area contributed by atoms with Crippen LogP contribution in [-0.4, -0.2) is 73.5 Å². The molecular formula is C36H54N6O. The number of nitrogens with two attached hydrogens (primary N) is 1. The lowest BCUT2D eigenvalue weighted by atomic mass is 9.85. The third kappa shape index (κ3) is 8.87. The zero-order chi connectivity index (χ0) is 32.3. The normalized spacial score (nSPS) is 22.3. The van der Waals surface area contributed by atoms with Crippen LogP contribution < -0.4 is 11.1 Å². The van der Waals surface area contributed by atoms with E-state index in [9.17, 15) is 10.1 Å². The molecule has 0 spiro atoms. The highest BCUT2D eigenvalue weighted by Gasteiger charge is 2.28. The van der Waals surface area contributed by atoms with Crippen molar-refractivity contribution >= 4 is 5.91 Å². The van der Waals surface area contributed by atoms with E-state index in [1.54, 1.807) is 19.0 Å². The number of hydrogen-bond donors (Lipinski definition) is 2. The topological polar surface area (TPSA) is 88.6 Å². The van der Waals surface area contributed by atoms with Crippen molar-refractivity contribution in [3.8, 4) is 6.07 Å². The highest BCUT2D eigenvalue weighted by atomic mass is 16.2.